The lowest BCUT2D eigenvalue weighted by Gasteiger charge is -2.38. The molecule has 2 aromatic rings. The van der Waals surface area contributed by atoms with Gasteiger partial charge in [-0.1, -0.05) is 49.2 Å². The number of unbranched alkanes of at least 4 members (excludes halogenated alkanes) is 1. The third-order valence-electron chi connectivity index (χ3n) is 5.72. The number of nitrogens with zero attached hydrogens (tertiary/aromatic N) is 3. The Balaban J connectivity index is 1.57. The maximum atomic E-state index is 12.9. The van der Waals surface area contributed by atoms with E-state index in [2.05, 4.69) is 22.3 Å². The van der Waals surface area contributed by atoms with Gasteiger partial charge in [0.1, 0.15) is 5.76 Å². The zero-order valence-electron chi connectivity index (χ0n) is 18.2. The largest absolute Gasteiger partial charge is 0.360 e. The van der Waals surface area contributed by atoms with Gasteiger partial charge in [0.25, 0.3) is 0 Å². The average Bonchev–Trinajstić information content (AvgIpc) is 3.15. The topological polar surface area (TPSA) is 78.7 Å². The van der Waals surface area contributed by atoms with Crippen LogP contribution in [0.1, 0.15) is 43.1 Å². The fraction of sp³-hybridized carbons (Fsp3) is 0.522. The first-order valence-corrected chi connectivity index (χ1v) is 10.8. The number of aryl methyl sites for hydroxylation is 2. The number of nitrogens with one attached hydrogen (secondary N) is 1. The third kappa shape index (κ3) is 5.69. The van der Waals surface area contributed by atoms with E-state index < -0.39 is 0 Å². The summed E-state index contributed by atoms with van der Waals surface area (Å²) in [5.41, 5.74) is 2.22. The highest BCUT2D eigenvalue weighted by atomic mass is 16.5. The average molecular weight is 413 g/mol. The molecule has 1 aromatic carbocycles. The van der Waals surface area contributed by atoms with Crippen molar-refractivity contribution in [1.29, 1.82) is 0 Å². The normalized spacial score (nSPS) is 15.8. The van der Waals surface area contributed by atoms with Gasteiger partial charge >= 0.3 is 0 Å². The molecule has 1 atom stereocenters. The molecule has 30 heavy (non-hydrogen) atoms. The number of piperazine rings is 1. The molecule has 0 bridgehead atoms. The molecule has 0 saturated carbocycles. The van der Waals surface area contributed by atoms with Crippen molar-refractivity contribution in [1.82, 2.24) is 15.0 Å². The Morgan fingerprint density at radius 1 is 1.17 bits per heavy atom. The Hall–Kier alpha value is -2.67. The minimum absolute atomic E-state index is 0.0589. The standard InChI is InChI=1S/C23H32N4O3/c1-4-5-10-20(23(29)24-21-15-18(3)30-25-21)26-11-13-27(14-12-26)22(28)16-19-9-7-6-8-17(19)2/h6-9,15,20H,4-5,10-14,16H2,1-3H3,(H,24,25,29). The van der Waals surface area contributed by atoms with Crippen LogP contribution >= 0.6 is 0 Å². The molecule has 1 N–H and O–H groups in total. The van der Waals surface area contributed by atoms with E-state index in [1.54, 1.807) is 13.0 Å². The second-order valence-corrected chi connectivity index (χ2v) is 7.99. The third-order valence-corrected chi connectivity index (χ3v) is 5.72. The van der Waals surface area contributed by atoms with Gasteiger partial charge in [-0.05, 0) is 31.4 Å². The number of hydrogen-bond donors (Lipinski definition) is 1. The van der Waals surface area contributed by atoms with E-state index >= 15 is 0 Å². The van der Waals surface area contributed by atoms with Crippen LogP contribution < -0.4 is 5.32 Å². The van der Waals surface area contributed by atoms with E-state index in [9.17, 15) is 9.59 Å². The number of rotatable bonds is 8. The first-order chi connectivity index (χ1) is 14.5. The van der Waals surface area contributed by atoms with Crippen molar-refractivity contribution in [2.45, 2.75) is 52.5 Å². The van der Waals surface area contributed by atoms with E-state index in [0.29, 0.717) is 44.2 Å². The molecule has 162 valence electrons. The van der Waals surface area contributed by atoms with Crippen LogP contribution in [0.3, 0.4) is 0 Å². The van der Waals surface area contributed by atoms with E-state index in [0.717, 1.165) is 30.4 Å². The van der Waals surface area contributed by atoms with Crippen molar-refractivity contribution >= 4 is 17.6 Å². The summed E-state index contributed by atoms with van der Waals surface area (Å²) in [5, 5.41) is 6.74. The van der Waals surface area contributed by atoms with Gasteiger partial charge in [-0.2, -0.15) is 0 Å². The minimum atomic E-state index is -0.226. The summed E-state index contributed by atoms with van der Waals surface area (Å²) >= 11 is 0. The van der Waals surface area contributed by atoms with Crippen molar-refractivity contribution in [2.24, 2.45) is 0 Å². The molecule has 1 saturated heterocycles. The highest BCUT2D eigenvalue weighted by molar-refractivity contribution is 5.94. The zero-order chi connectivity index (χ0) is 21.5. The number of benzene rings is 1. The van der Waals surface area contributed by atoms with Crippen molar-refractivity contribution in [3.8, 4) is 0 Å². The second-order valence-electron chi connectivity index (χ2n) is 7.99. The molecule has 7 heteroatoms. The van der Waals surface area contributed by atoms with Gasteiger partial charge in [0.2, 0.25) is 11.8 Å². The van der Waals surface area contributed by atoms with Crippen molar-refractivity contribution < 1.29 is 14.1 Å². The SMILES string of the molecule is CCCCC(C(=O)Nc1cc(C)on1)N1CCN(C(=O)Cc2ccccc2C)CC1. The molecule has 1 fully saturated rings. The van der Waals surface area contributed by atoms with Gasteiger partial charge < -0.3 is 14.7 Å². The van der Waals surface area contributed by atoms with E-state index in [1.807, 2.05) is 36.1 Å². The van der Waals surface area contributed by atoms with Gasteiger partial charge in [0, 0.05) is 32.2 Å². The Bertz CT molecular complexity index is 856. The monoisotopic (exact) mass is 412 g/mol. The lowest BCUT2D eigenvalue weighted by atomic mass is 10.0. The van der Waals surface area contributed by atoms with Crippen molar-refractivity contribution in [3.63, 3.8) is 0 Å². The molecule has 1 unspecified atom stereocenters. The molecule has 7 nitrogen and oxygen atoms in total. The highest BCUT2D eigenvalue weighted by Gasteiger charge is 2.30. The molecule has 3 rings (SSSR count). The first-order valence-electron chi connectivity index (χ1n) is 10.8. The number of anilines is 1. The Morgan fingerprint density at radius 2 is 1.90 bits per heavy atom. The van der Waals surface area contributed by atoms with Crippen LogP contribution in [0.2, 0.25) is 0 Å². The van der Waals surface area contributed by atoms with Crippen LogP contribution in [0, 0.1) is 13.8 Å². The number of carbonyl (C=O) groups is 2. The molecular formula is C23H32N4O3. The van der Waals surface area contributed by atoms with Gasteiger partial charge in [-0.15, -0.1) is 0 Å². The molecule has 0 spiro atoms. The van der Waals surface area contributed by atoms with Crippen LogP contribution in [0.5, 0.6) is 0 Å². The van der Waals surface area contributed by atoms with Crippen LogP contribution in [-0.2, 0) is 16.0 Å². The number of aromatic nitrogens is 1. The van der Waals surface area contributed by atoms with Gasteiger partial charge in [0.05, 0.1) is 12.5 Å². The lowest BCUT2D eigenvalue weighted by molar-refractivity contribution is -0.133. The number of hydrogen-bond acceptors (Lipinski definition) is 5. The van der Waals surface area contributed by atoms with Crippen LogP contribution in [-0.4, -0.2) is 59.0 Å². The molecular weight excluding hydrogens is 380 g/mol. The quantitative estimate of drug-likeness (QED) is 0.720. The molecule has 0 aliphatic carbocycles. The molecule has 1 aliphatic heterocycles. The maximum absolute atomic E-state index is 12.9. The summed E-state index contributed by atoms with van der Waals surface area (Å²) in [7, 11) is 0. The lowest BCUT2D eigenvalue weighted by Crippen LogP contribution is -2.55. The Labute approximate surface area is 178 Å². The summed E-state index contributed by atoms with van der Waals surface area (Å²) < 4.78 is 5.05. The van der Waals surface area contributed by atoms with Crippen LogP contribution in [0.4, 0.5) is 5.82 Å². The van der Waals surface area contributed by atoms with E-state index in [-0.39, 0.29) is 17.9 Å². The minimum Gasteiger partial charge on any atom is -0.360 e. The van der Waals surface area contributed by atoms with Crippen LogP contribution in [0.25, 0.3) is 0 Å². The Kier molecular flexibility index (Phi) is 7.63. The summed E-state index contributed by atoms with van der Waals surface area (Å²) in [6.07, 6.45) is 3.22. The van der Waals surface area contributed by atoms with Gasteiger partial charge in [-0.25, -0.2) is 0 Å². The molecule has 0 radical (unpaired) electrons. The number of carbonyl (C=O) groups excluding carboxylic acids is 2. The van der Waals surface area contributed by atoms with E-state index in [4.69, 9.17) is 4.52 Å². The maximum Gasteiger partial charge on any atom is 0.242 e. The summed E-state index contributed by atoms with van der Waals surface area (Å²) in [6, 6.07) is 9.51. The predicted molar refractivity (Wildman–Crippen MR) is 116 cm³/mol. The fourth-order valence-corrected chi connectivity index (χ4v) is 3.88. The smallest absolute Gasteiger partial charge is 0.242 e. The van der Waals surface area contributed by atoms with Crippen LogP contribution in [0.15, 0.2) is 34.9 Å². The number of amides is 2. The predicted octanol–water partition coefficient (Wildman–Crippen LogP) is 3.18. The summed E-state index contributed by atoms with van der Waals surface area (Å²) in [5.74, 6) is 1.20. The zero-order valence-corrected chi connectivity index (χ0v) is 18.2. The summed E-state index contributed by atoms with van der Waals surface area (Å²) in [6.45, 7) is 8.63. The van der Waals surface area contributed by atoms with Crippen molar-refractivity contribution in [3.05, 3.63) is 47.2 Å². The van der Waals surface area contributed by atoms with E-state index in [1.165, 1.54) is 0 Å². The highest BCUT2D eigenvalue weighted by Crippen LogP contribution is 2.17. The molecule has 2 amide bonds. The fourth-order valence-electron chi connectivity index (χ4n) is 3.88. The van der Waals surface area contributed by atoms with Gasteiger partial charge in [-0.3, -0.25) is 14.5 Å². The molecule has 2 heterocycles. The second kappa shape index (κ2) is 10.4. The first kappa shape index (κ1) is 22.0. The summed E-state index contributed by atoms with van der Waals surface area (Å²) in [4.78, 5) is 29.8. The molecule has 1 aliphatic rings. The van der Waals surface area contributed by atoms with Gasteiger partial charge in [0.15, 0.2) is 5.82 Å². The Morgan fingerprint density at radius 3 is 2.53 bits per heavy atom. The molecule has 1 aromatic heterocycles. The van der Waals surface area contributed by atoms with Crippen molar-refractivity contribution in [2.75, 3.05) is 31.5 Å².